The van der Waals surface area contributed by atoms with Gasteiger partial charge in [0.25, 0.3) is 0 Å². The Morgan fingerprint density at radius 3 is 1.46 bits per heavy atom. The van der Waals surface area contributed by atoms with E-state index in [0.717, 1.165) is 18.2 Å². The van der Waals surface area contributed by atoms with Crippen LogP contribution in [0.25, 0.3) is 0 Å². The SMILES string of the molecule is C=CC(=O)OCC(COC(=O)C=C)(COC(=O)C=C)C(C)OCC. The highest BCUT2D eigenvalue weighted by Gasteiger charge is 2.41. The van der Waals surface area contributed by atoms with Crippen LogP contribution in [0.1, 0.15) is 13.8 Å². The second-order valence-corrected chi connectivity index (χ2v) is 4.90. The Labute approximate surface area is 141 Å². The van der Waals surface area contributed by atoms with E-state index in [4.69, 9.17) is 18.9 Å². The lowest BCUT2D eigenvalue weighted by Gasteiger charge is -2.36. The molecule has 0 bridgehead atoms. The van der Waals surface area contributed by atoms with Crippen LogP contribution in [0, 0.1) is 5.41 Å². The summed E-state index contributed by atoms with van der Waals surface area (Å²) in [6.07, 6.45) is 2.46. The quantitative estimate of drug-likeness (QED) is 0.303. The van der Waals surface area contributed by atoms with Crippen LogP contribution in [-0.4, -0.2) is 50.4 Å². The minimum atomic E-state index is -1.09. The minimum Gasteiger partial charge on any atom is -0.462 e. The van der Waals surface area contributed by atoms with Gasteiger partial charge in [-0.15, -0.1) is 0 Å². The summed E-state index contributed by atoms with van der Waals surface area (Å²) in [6, 6.07) is 0. The first-order valence-electron chi connectivity index (χ1n) is 7.34. The van der Waals surface area contributed by atoms with Gasteiger partial charge in [-0.05, 0) is 13.8 Å². The number of carbonyl (C=O) groups is 3. The van der Waals surface area contributed by atoms with Gasteiger partial charge in [-0.2, -0.15) is 0 Å². The Morgan fingerprint density at radius 1 is 0.875 bits per heavy atom. The number of carbonyl (C=O) groups excluding carboxylic acids is 3. The molecule has 0 aromatic heterocycles. The average Bonchev–Trinajstić information content (AvgIpc) is 2.60. The lowest BCUT2D eigenvalue weighted by atomic mass is 9.85. The first kappa shape index (κ1) is 21.6. The largest absolute Gasteiger partial charge is 0.462 e. The van der Waals surface area contributed by atoms with Crippen molar-refractivity contribution in [3.05, 3.63) is 38.0 Å². The van der Waals surface area contributed by atoms with Gasteiger partial charge in [-0.1, -0.05) is 19.7 Å². The second-order valence-electron chi connectivity index (χ2n) is 4.90. The zero-order valence-corrected chi connectivity index (χ0v) is 14.1. The molecule has 0 rings (SSSR count). The first-order chi connectivity index (χ1) is 11.3. The fourth-order valence-electron chi connectivity index (χ4n) is 1.73. The molecule has 0 saturated heterocycles. The van der Waals surface area contributed by atoms with Crippen molar-refractivity contribution in [2.24, 2.45) is 5.41 Å². The minimum absolute atomic E-state index is 0.201. The summed E-state index contributed by atoms with van der Waals surface area (Å²) in [5.41, 5.74) is -1.09. The van der Waals surface area contributed by atoms with E-state index in [1.807, 2.05) is 0 Å². The summed E-state index contributed by atoms with van der Waals surface area (Å²) < 4.78 is 20.8. The van der Waals surface area contributed by atoms with Gasteiger partial charge in [0, 0.05) is 24.8 Å². The second kappa shape index (κ2) is 11.2. The molecule has 0 aromatic rings. The van der Waals surface area contributed by atoms with Gasteiger partial charge in [-0.3, -0.25) is 0 Å². The molecule has 7 nitrogen and oxygen atoms in total. The zero-order chi connectivity index (χ0) is 18.6. The summed E-state index contributed by atoms with van der Waals surface area (Å²) in [7, 11) is 0. The summed E-state index contributed by atoms with van der Waals surface area (Å²) >= 11 is 0. The van der Waals surface area contributed by atoms with Crippen LogP contribution in [0.3, 0.4) is 0 Å². The summed E-state index contributed by atoms with van der Waals surface area (Å²) in [4.78, 5) is 34.2. The number of hydrogen-bond donors (Lipinski definition) is 0. The smallest absolute Gasteiger partial charge is 0.330 e. The van der Waals surface area contributed by atoms with Crippen molar-refractivity contribution in [1.29, 1.82) is 0 Å². The van der Waals surface area contributed by atoms with Gasteiger partial charge in [0.1, 0.15) is 19.8 Å². The molecule has 7 heteroatoms. The van der Waals surface area contributed by atoms with Crippen LogP contribution in [0.4, 0.5) is 0 Å². The molecule has 1 unspecified atom stereocenters. The Kier molecular flexibility index (Phi) is 10.1. The zero-order valence-electron chi connectivity index (χ0n) is 14.1. The van der Waals surface area contributed by atoms with Crippen LogP contribution >= 0.6 is 0 Å². The fourth-order valence-corrected chi connectivity index (χ4v) is 1.73. The molecule has 1 atom stereocenters. The van der Waals surface area contributed by atoms with Gasteiger partial charge < -0.3 is 18.9 Å². The highest BCUT2D eigenvalue weighted by Crippen LogP contribution is 2.27. The standard InChI is InChI=1S/C17H24O7/c1-6-14(18)22-10-17(13(5)21-9-4,11-23-15(19)7-2)12-24-16(20)8-3/h6-8,13H,1-3,9-12H2,4-5H3. The van der Waals surface area contributed by atoms with E-state index in [1.54, 1.807) is 13.8 Å². The number of hydrogen-bond acceptors (Lipinski definition) is 7. The van der Waals surface area contributed by atoms with Crippen LogP contribution in [0.15, 0.2) is 38.0 Å². The molecule has 0 aliphatic heterocycles. The first-order valence-corrected chi connectivity index (χ1v) is 7.34. The maximum atomic E-state index is 11.4. The fraction of sp³-hybridized carbons (Fsp3) is 0.471. The van der Waals surface area contributed by atoms with Crippen molar-refractivity contribution in [2.45, 2.75) is 20.0 Å². The van der Waals surface area contributed by atoms with Crippen molar-refractivity contribution in [2.75, 3.05) is 26.4 Å². The van der Waals surface area contributed by atoms with Gasteiger partial charge >= 0.3 is 17.9 Å². The van der Waals surface area contributed by atoms with E-state index in [1.165, 1.54) is 0 Å². The molecule has 134 valence electrons. The number of rotatable bonds is 12. The van der Waals surface area contributed by atoms with E-state index in [9.17, 15) is 14.4 Å². The Balaban J connectivity index is 5.40. The van der Waals surface area contributed by atoms with E-state index in [2.05, 4.69) is 19.7 Å². The van der Waals surface area contributed by atoms with E-state index >= 15 is 0 Å². The van der Waals surface area contributed by atoms with E-state index in [0.29, 0.717) is 6.61 Å². The molecule has 0 aromatic carbocycles. The molecule has 0 fully saturated rings. The monoisotopic (exact) mass is 340 g/mol. The lowest BCUT2D eigenvalue weighted by Crippen LogP contribution is -2.48. The van der Waals surface area contributed by atoms with Crippen molar-refractivity contribution in [3.63, 3.8) is 0 Å². The molecule has 24 heavy (non-hydrogen) atoms. The topological polar surface area (TPSA) is 88.1 Å². The molecule has 0 N–H and O–H groups in total. The maximum absolute atomic E-state index is 11.4. The van der Waals surface area contributed by atoms with E-state index < -0.39 is 29.4 Å². The lowest BCUT2D eigenvalue weighted by molar-refractivity contribution is -0.169. The average molecular weight is 340 g/mol. The van der Waals surface area contributed by atoms with Gasteiger partial charge in [0.15, 0.2) is 0 Å². The van der Waals surface area contributed by atoms with Crippen molar-refractivity contribution >= 4 is 17.9 Å². The van der Waals surface area contributed by atoms with Crippen LogP contribution in [0.5, 0.6) is 0 Å². The van der Waals surface area contributed by atoms with Crippen LogP contribution in [0.2, 0.25) is 0 Å². The third kappa shape index (κ3) is 7.23. The van der Waals surface area contributed by atoms with Gasteiger partial charge in [0.2, 0.25) is 0 Å². The highest BCUT2D eigenvalue weighted by molar-refractivity contribution is 5.82. The van der Waals surface area contributed by atoms with Gasteiger partial charge in [-0.25, -0.2) is 14.4 Å². The number of esters is 3. The molecule has 0 aliphatic rings. The Hall–Kier alpha value is -2.41. The summed E-state index contributed by atoms with van der Waals surface area (Å²) in [6.45, 7) is 13.2. The predicted octanol–water partition coefficient (Wildman–Crippen LogP) is 1.59. The Morgan fingerprint density at radius 2 is 1.21 bits per heavy atom. The third-order valence-electron chi connectivity index (χ3n) is 3.28. The summed E-state index contributed by atoms with van der Waals surface area (Å²) in [5.74, 6) is -1.98. The maximum Gasteiger partial charge on any atom is 0.330 e. The third-order valence-corrected chi connectivity index (χ3v) is 3.28. The van der Waals surface area contributed by atoms with Crippen molar-refractivity contribution in [1.82, 2.24) is 0 Å². The predicted molar refractivity (Wildman–Crippen MR) is 87.0 cm³/mol. The molecule has 0 saturated carbocycles. The summed E-state index contributed by atoms with van der Waals surface area (Å²) in [5, 5.41) is 0. The van der Waals surface area contributed by atoms with Gasteiger partial charge in [0.05, 0.1) is 11.5 Å². The van der Waals surface area contributed by atoms with E-state index in [-0.39, 0.29) is 19.8 Å². The molecule has 0 spiro atoms. The molecule has 0 radical (unpaired) electrons. The number of ether oxygens (including phenoxy) is 4. The molecule has 0 amide bonds. The van der Waals surface area contributed by atoms with Crippen LogP contribution < -0.4 is 0 Å². The molecular weight excluding hydrogens is 316 g/mol. The van der Waals surface area contributed by atoms with Crippen LogP contribution in [-0.2, 0) is 33.3 Å². The Bertz CT molecular complexity index is 422. The molecule has 0 aliphatic carbocycles. The van der Waals surface area contributed by atoms with Crippen molar-refractivity contribution in [3.8, 4) is 0 Å². The normalized spacial score (nSPS) is 11.8. The van der Waals surface area contributed by atoms with Crippen molar-refractivity contribution < 1.29 is 33.3 Å². The molecule has 0 heterocycles. The highest BCUT2D eigenvalue weighted by atomic mass is 16.6. The molecular formula is C17H24O7.